The van der Waals surface area contributed by atoms with Crippen LogP contribution >= 0.6 is 0 Å². The number of hydrogen-bond acceptors (Lipinski definition) is 1. The molecule has 0 radical (unpaired) electrons. The number of pyridine rings is 1. The maximum Gasteiger partial charge on any atom is 0.219 e. The second kappa shape index (κ2) is 3.01. The van der Waals surface area contributed by atoms with E-state index in [-0.39, 0.29) is 5.56 Å². The minimum absolute atomic E-state index is 0.312. The summed E-state index contributed by atoms with van der Waals surface area (Å²) < 4.78 is 38.8. The number of halogens is 3. The molecule has 1 nitrogen and oxygen atoms in total. The molecule has 0 unspecified atom stereocenters. The second-order valence-electron chi connectivity index (χ2n) is 3.84. The lowest BCUT2D eigenvalue weighted by molar-refractivity contribution is 0.419. The smallest absolute Gasteiger partial charge is 0.219 e. The van der Waals surface area contributed by atoms with E-state index in [0.29, 0.717) is 6.20 Å². The first-order valence-corrected chi connectivity index (χ1v) is 3.84. The molecule has 4 heteroatoms. The maximum atomic E-state index is 13.1. The monoisotopic (exact) mass is 189 g/mol. The Bertz CT molecular complexity index is 328. The van der Waals surface area contributed by atoms with Crippen molar-refractivity contribution in [3.63, 3.8) is 0 Å². The van der Waals surface area contributed by atoms with Gasteiger partial charge in [-0.1, -0.05) is 20.8 Å². The van der Waals surface area contributed by atoms with Crippen molar-refractivity contribution in [2.45, 2.75) is 26.2 Å². The van der Waals surface area contributed by atoms with E-state index in [4.69, 9.17) is 0 Å². The van der Waals surface area contributed by atoms with Crippen LogP contribution in [0.2, 0.25) is 0 Å². The third-order valence-electron chi connectivity index (χ3n) is 1.68. The summed E-state index contributed by atoms with van der Waals surface area (Å²) in [6.45, 7) is 4.78. The Morgan fingerprint density at radius 3 is 2.08 bits per heavy atom. The van der Waals surface area contributed by atoms with E-state index in [1.807, 2.05) is 0 Å². The van der Waals surface area contributed by atoms with Crippen LogP contribution in [0.5, 0.6) is 0 Å². The predicted molar refractivity (Wildman–Crippen MR) is 42.8 cm³/mol. The molecule has 0 bridgehead atoms. The largest absolute Gasteiger partial charge is 0.225 e. The molecule has 13 heavy (non-hydrogen) atoms. The zero-order chi connectivity index (χ0) is 10.2. The van der Waals surface area contributed by atoms with Crippen molar-refractivity contribution in [2.75, 3.05) is 0 Å². The highest BCUT2D eigenvalue weighted by atomic mass is 19.2. The molecule has 0 amide bonds. The van der Waals surface area contributed by atoms with Crippen LogP contribution in [-0.2, 0) is 5.41 Å². The summed E-state index contributed by atoms with van der Waals surface area (Å²) >= 11 is 0. The van der Waals surface area contributed by atoms with E-state index in [2.05, 4.69) is 4.98 Å². The molecule has 1 aromatic rings. The van der Waals surface area contributed by atoms with Crippen molar-refractivity contribution in [1.29, 1.82) is 0 Å². The molecule has 0 spiro atoms. The first-order chi connectivity index (χ1) is 5.84. The summed E-state index contributed by atoms with van der Waals surface area (Å²) in [5.41, 5.74) is -1.10. The standard InChI is InChI=1S/C9H10F3N/c1-9(2,3)6-7(11)5(10)4-13-8(6)12/h4H,1-3H3. The van der Waals surface area contributed by atoms with Crippen molar-refractivity contribution in [1.82, 2.24) is 4.98 Å². The Morgan fingerprint density at radius 1 is 1.15 bits per heavy atom. The normalized spacial score (nSPS) is 11.8. The topological polar surface area (TPSA) is 12.9 Å². The van der Waals surface area contributed by atoms with Crippen LogP contribution in [0.4, 0.5) is 13.2 Å². The zero-order valence-corrected chi connectivity index (χ0v) is 7.66. The highest BCUT2D eigenvalue weighted by Crippen LogP contribution is 2.27. The van der Waals surface area contributed by atoms with E-state index < -0.39 is 23.0 Å². The van der Waals surface area contributed by atoms with Crippen molar-refractivity contribution in [3.05, 3.63) is 29.3 Å². The van der Waals surface area contributed by atoms with Gasteiger partial charge in [-0.2, -0.15) is 4.39 Å². The van der Waals surface area contributed by atoms with Gasteiger partial charge >= 0.3 is 0 Å². The number of rotatable bonds is 0. The molecular formula is C9H10F3N. The summed E-state index contributed by atoms with van der Waals surface area (Å²) in [5, 5.41) is 0. The van der Waals surface area contributed by atoms with Gasteiger partial charge in [-0.05, 0) is 5.41 Å². The van der Waals surface area contributed by atoms with Gasteiger partial charge in [0.1, 0.15) is 0 Å². The fourth-order valence-corrected chi connectivity index (χ4v) is 1.08. The molecule has 0 aliphatic heterocycles. The minimum Gasteiger partial charge on any atom is -0.225 e. The maximum absolute atomic E-state index is 13.1. The Balaban J connectivity index is 3.43. The quantitative estimate of drug-likeness (QED) is 0.572. The molecule has 0 aliphatic carbocycles. The molecule has 1 rings (SSSR count). The van der Waals surface area contributed by atoms with E-state index >= 15 is 0 Å². The van der Waals surface area contributed by atoms with Gasteiger partial charge in [-0.3, -0.25) is 0 Å². The van der Waals surface area contributed by atoms with Gasteiger partial charge in [0, 0.05) is 0 Å². The van der Waals surface area contributed by atoms with Crippen molar-refractivity contribution >= 4 is 0 Å². The summed E-state index contributed by atoms with van der Waals surface area (Å²) in [6.07, 6.45) is 0.542. The van der Waals surface area contributed by atoms with Crippen molar-refractivity contribution in [3.8, 4) is 0 Å². The first-order valence-electron chi connectivity index (χ1n) is 3.84. The summed E-state index contributed by atoms with van der Waals surface area (Å²) in [6, 6.07) is 0. The lowest BCUT2D eigenvalue weighted by Crippen LogP contribution is -2.18. The van der Waals surface area contributed by atoms with Crippen LogP contribution in [0.1, 0.15) is 26.3 Å². The van der Waals surface area contributed by atoms with Crippen molar-refractivity contribution in [2.24, 2.45) is 0 Å². The van der Waals surface area contributed by atoms with Crippen LogP contribution in [0.25, 0.3) is 0 Å². The van der Waals surface area contributed by atoms with Crippen LogP contribution in [0, 0.1) is 17.6 Å². The lowest BCUT2D eigenvalue weighted by atomic mass is 9.87. The number of hydrogen-bond donors (Lipinski definition) is 0. The Kier molecular flexibility index (Phi) is 2.32. The highest BCUT2D eigenvalue weighted by molar-refractivity contribution is 5.23. The van der Waals surface area contributed by atoms with Gasteiger partial charge in [-0.15, -0.1) is 0 Å². The fraction of sp³-hybridized carbons (Fsp3) is 0.444. The van der Waals surface area contributed by atoms with E-state index in [1.165, 1.54) is 0 Å². The van der Waals surface area contributed by atoms with Gasteiger partial charge < -0.3 is 0 Å². The molecule has 1 heterocycles. The van der Waals surface area contributed by atoms with Crippen LogP contribution in [0.3, 0.4) is 0 Å². The highest BCUT2D eigenvalue weighted by Gasteiger charge is 2.26. The Hall–Kier alpha value is -1.06. The molecule has 72 valence electrons. The minimum atomic E-state index is -1.15. The first kappa shape index (κ1) is 10.0. The Labute approximate surface area is 74.6 Å². The third-order valence-corrected chi connectivity index (χ3v) is 1.68. The average molecular weight is 189 g/mol. The van der Waals surface area contributed by atoms with Gasteiger partial charge in [0.25, 0.3) is 0 Å². The summed E-state index contributed by atoms with van der Waals surface area (Å²) in [4.78, 5) is 3.12. The zero-order valence-electron chi connectivity index (χ0n) is 7.66. The molecule has 0 N–H and O–H groups in total. The Morgan fingerprint density at radius 2 is 1.69 bits per heavy atom. The SMILES string of the molecule is CC(C)(C)c1c(F)ncc(F)c1F. The van der Waals surface area contributed by atoms with Gasteiger partial charge in [0.15, 0.2) is 11.6 Å². The van der Waals surface area contributed by atoms with Crippen molar-refractivity contribution < 1.29 is 13.2 Å². The second-order valence-corrected chi connectivity index (χ2v) is 3.84. The average Bonchev–Trinajstić information content (AvgIpc) is 1.95. The van der Waals surface area contributed by atoms with Gasteiger partial charge in [0.05, 0.1) is 11.8 Å². The molecule has 0 atom stereocenters. The molecule has 0 fully saturated rings. The van der Waals surface area contributed by atoms with Crippen LogP contribution in [0.15, 0.2) is 6.20 Å². The molecular weight excluding hydrogens is 179 g/mol. The van der Waals surface area contributed by atoms with Crippen LogP contribution in [-0.4, -0.2) is 4.98 Å². The predicted octanol–water partition coefficient (Wildman–Crippen LogP) is 2.80. The van der Waals surface area contributed by atoms with E-state index in [0.717, 1.165) is 0 Å². The van der Waals surface area contributed by atoms with Gasteiger partial charge in [0.2, 0.25) is 5.95 Å². The lowest BCUT2D eigenvalue weighted by Gasteiger charge is -2.19. The molecule has 0 saturated heterocycles. The van der Waals surface area contributed by atoms with E-state index in [9.17, 15) is 13.2 Å². The summed E-state index contributed by atoms with van der Waals surface area (Å²) in [5.74, 6) is -3.22. The third kappa shape index (κ3) is 1.82. The molecule has 0 aromatic carbocycles. The van der Waals surface area contributed by atoms with Gasteiger partial charge in [-0.25, -0.2) is 13.8 Å². The fourth-order valence-electron chi connectivity index (χ4n) is 1.08. The molecule has 1 aromatic heterocycles. The molecule has 0 aliphatic rings. The number of nitrogens with zero attached hydrogens (tertiary/aromatic N) is 1. The number of aromatic nitrogens is 1. The van der Waals surface area contributed by atoms with E-state index in [1.54, 1.807) is 20.8 Å². The molecule has 0 saturated carbocycles. The summed E-state index contributed by atoms with van der Waals surface area (Å²) in [7, 11) is 0. The van der Waals surface area contributed by atoms with Crippen LogP contribution < -0.4 is 0 Å².